The van der Waals surface area contributed by atoms with Gasteiger partial charge in [0.1, 0.15) is 11.5 Å². The molecule has 3 rings (SSSR count). The summed E-state index contributed by atoms with van der Waals surface area (Å²) in [5, 5.41) is 2.93. The molecule has 1 N–H and O–H groups in total. The molecule has 142 valence electrons. The van der Waals surface area contributed by atoms with Gasteiger partial charge in [-0.2, -0.15) is 0 Å². The Morgan fingerprint density at radius 2 is 1.56 bits per heavy atom. The molecule has 2 aromatic rings. The summed E-state index contributed by atoms with van der Waals surface area (Å²) >= 11 is 0. The van der Waals surface area contributed by atoms with Crippen LogP contribution in [0.3, 0.4) is 0 Å². The highest BCUT2D eigenvalue weighted by atomic mass is 16.5. The van der Waals surface area contributed by atoms with Crippen LogP contribution in [0.25, 0.3) is 11.6 Å². The molecule has 0 aliphatic carbocycles. The van der Waals surface area contributed by atoms with Crippen LogP contribution in [-0.2, 0) is 4.79 Å². The van der Waals surface area contributed by atoms with Crippen LogP contribution in [0.15, 0.2) is 30.3 Å². The predicted molar refractivity (Wildman–Crippen MR) is 111 cm³/mol. The lowest BCUT2D eigenvalue weighted by Gasteiger charge is -2.19. The van der Waals surface area contributed by atoms with E-state index in [1.165, 1.54) is 0 Å². The second kappa shape index (κ2) is 7.47. The van der Waals surface area contributed by atoms with E-state index >= 15 is 0 Å². The van der Waals surface area contributed by atoms with Crippen molar-refractivity contribution in [2.75, 3.05) is 19.5 Å². The molecule has 0 spiro atoms. The lowest BCUT2D eigenvalue weighted by atomic mass is 9.90. The third-order valence-electron chi connectivity index (χ3n) is 4.94. The van der Waals surface area contributed by atoms with Gasteiger partial charge in [0.25, 0.3) is 5.91 Å². The van der Waals surface area contributed by atoms with Crippen molar-refractivity contribution in [2.45, 2.75) is 39.5 Å². The number of fused-ring (bicyclic) bond motifs is 1. The number of carbonyl (C=O) groups excluding carboxylic acids is 1. The molecule has 1 amide bonds. The molecule has 0 saturated carbocycles. The molecule has 1 aliphatic heterocycles. The van der Waals surface area contributed by atoms with Crippen molar-refractivity contribution in [1.29, 1.82) is 0 Å². The third kappa shape index (κ3) is 3.57. The van der Waals surface area contributed by atoms with Gasteiger partial charge >= 0.3 is 0 Å². The lowest BCUT2D eigenvalue weighted by Crippen LogP contribution is -2.04. The van der Waals surface area contributed by atoms with Gasteiger partial charge in [0.2, 0.25) is 0 Å². The quantitative estimate of drug-likeness (QED) is 0.717. The Bertz CT molecular complexity index is 881. The molecular weight excluding hydrogens is 338 g/mol. The van der Waals surface area contributed by atoms with Crippen LogP contribution in [0.1, 0.15) is 61.8 Å². The van der Waals surface area contributed by atoms with Gasteiger partial charge in [0.15, 0.2) is 0 Å². The Labute approximate surface area is 161 Å². The number of ether oxygens (including phenoxy) is 2. The minimum atomic E-state index is -0.0914. The summed E-state index contributed by atoms with van der Waals surface area (Å²) < 4.78 is 11.0. The van der Waals surface area contributed by atoms with E-state index in [9.17, 15) is 4.79 Å². The van der Waals surface area contributed by atoms with Crippen molar-refractivity contribution in [2.24, 2.45) is 0 Å². The average molecular weight is 365 g/mol. The number of carbonyl (C=O) groups is 1. The zero-order valence-corrected chi connectivity index (χ0v) is 16.8. The highest BCUT2D eigenvalue weighted by molar-refractivity contribution is 6.35. The maximum Gasteiger partial charge on any atom is 0.256 e. The summed E-state index contributed by atoms with van der Waals surface area (Å²) in [6, 6.07) is 9.86. The lowest BCUT2D eigenvalue weighted by molar-refractivity contribution is -0.110. The van der Waals surface area contributed by atoms with Crippen molar-refractivity contribution in [3.05, 3.63) is 52.6 Å². The molecule has 0 fully saturated rings. The minimum absolute atomic E-state index is 0.0914. The minimum Gasteiger partial charge on any atom is -0.497 e. The van der Waals surface area contributed by atoms with Gasteiger partial charge in [-0.15, -0.1) is 0 Å². The number of rotatable bonds is 5. The molecule has 0 atom stereocenters. The average Bonchev–Trinajstić information content (AvgIpc) is 2.95. The zero-order valence-electron chi connectivity index (χ0n) is 16.8. The summed E-state index contributed by atoms with van der Waals surface area (Å²) in [5.74, 6) is 2.23. The normalized spacial score (nSPS) is 14.7. The Morgan fingerprint density at radius 1 is 0.926 bits per heavy atom. The third-order valence-corrected chi connectivity index (χ3v) is 4.94. The SMILES string of the molecule is COc1ccc2c(c1)C(=Cc1cc(C(C)C)c(OC)c(C(C)C)c1)C(=O)N2. The van der Waals surface area contributed by atoms with Crippen LogP contribution in [-0.4, -0.2) is 20.1 Å². The van der Waals surface area contributed by atoms with Crippen LogP contribution < -0.4 is 14.8 Å². The Kier molecular flexibility index (Phi) is 5.26. The standard InChI is InChI=1S/C23H27NO3/c1-13(2)17-9-15(10-18(14(3)4)22(17)27-6)11-20-19-12-16(26-5)7-8-21(19)24-23(20)25/h7-14H,1-6H3,(H,24,25). The van der Waals surface area contributed by atoms with Gasteiger partial charge in [-0.05, 0) is 64.9 Å². The molecule has 4 nitrogen and oxygen atoms in total. The summed E-state index contributed by atoms with van der Waals surface area (Å²) in [7, 11) is 3.35. The highest BCUT2D eigenvalue weighted by Gasteiger charge is 2.25. The van der Waals surface area contributed by atoms with E-state index in [0.717, 1.165) is 39.4 Å². The molecule has 1 heterocycles. The molecule has 27 heavy (non-hydrogen) atoms. The number of nitrogens with one attached hydrogen (secondary N) is 1. The second-order valence-electron chi connectivity index (χ2n) is 7.47. The Balaban J connectivity index is 2.17. The van der Waals surface area contributed by atoms with Crippen LogP contribution >= 0.6 is 0 Å². The van der Waals surface area contributed by atoms with E-state index in [0.29, 0.717) is 17.4 Å². The molecule has 0 saturated heterocycles. The summed E-state index contributed by atoms with van der Waals surface area (Å²) in [4.78, 5) is 12.6. The molecule has 1 aliphatic rings. The molecule has 2 aromatic carbocycles. The van der Waals surface area contributed by atoms with Crippen molar-refractivity contribution >= 4 is 23.2 Å². The van der Waals surface area contributed by atoms with Gasteiger partial charge in [-0.3, -0.25) is 4.79 Å². The van der Waals surface area contributed by atoms with E-state index in [1.54, 1.807) is 14.2 Å². The van der Waals surface area contributed by atoms with Crippen molar-refractivity contribution < 1.29 is 14.3 Å². The Hall–Kier alpha value is -2.75. The first-order chi connectivity index (χ1) is 12.8. The van der Waals surface area contributed by atoms with Gasteiger partial charge in [0.05, 0.1) is 14.2 Å². The summed E-state index contributed by atoms with van der Waals surface area (Å²) in [5.41, 5.74) is 5.64. The number of hydrogen-bond acceptors (Lipinski definition) is 3. The second-order valence-corrected chi connectivity index (χ2v) is 7.47. The largest absolute Gasteiger partial charge is 0.497 e. The van der Waals surface area contributed by atoms with Crippen molar-refractivity contribution in [3.8, 4) is 11.5 Å². The molecule has 0 unspecified atom stereocenters. The van der Waals surface area contributed by atoms with Crippen molar-refractivity contribution in [1.82, 2.24) is 0 Å². The smallest absolute Gasteiger partial charge is 0.256 e. The Morgan fingerprint density at radius 3 is 2.07 bits per heavy atom. The van der Waals surface area contributed by atoms with Gasteiger partial charge in [-0.25, -0.2) is 0 Å². The number of methoxy groups -OCH3 is 2. The fraction of sp³-hybridized carbons (Fsp3) is 0.348. The molecule has 0 bridgehead atoms. The van der Waals surface area contributed by atoms with E-state index in [2.05, 4.69) is 45.1 Å². The van der Waals surface area contributed by atoms with E-state index in [4.69, 9.17) is 9.47 Å². The highest BCUT2D eigenvalue weighted by Crippen LogP contribution is 2.39. The van der Waals surface area contributed by atoms with E-state index in [-0.39, 0.29) is 5.91 Å². The molecule has 4 heteroatoms. The number of hydrogen-bond donors (Lipinski definition) is 1. The number of anilines is 1. The molecule has 0 radical (unpaired) electrons. The first-order valence-electron chi connectivity index (χ1n) is 9.29. The van der Waals surface area contributed by atoms with E-state index in [1.807, 2.05) is 24.3 Å². The van der Waals surface area contributed by atoms with Gasteiger partial charge in [-0.1, -0.05) is 27.7 Å². The molecular formula is C23H27NO3. The van der Waals surface area contributed by atoms with Crippen LogP contribution in [0.2, 0.25) is 0 Å². The fourth-order valence-electron chi connectivity index (χ4n) is 3.48. The van der Waals surface area contributed by atoms with Crippen molar-refractivity contribution in [3.63, 3.8) is 0 Å². The van der Waals surface area contributed by atoms with Gasteiger partial charge < -0.3 is 14.8 Å². The predicted octanol–water partition coefficient (Wildman–Crippen LogP) is 5.44. The zero-order chi connectivity index (χ0) is 19.7. The number of amides is 1. The first kappa shape index (κ1) is 19.0. The topological polar surface area (TPSA) is 47.6 Å². The maximum atomic E-state index is 12.6. The van der Waals surface area contributed by atoms with Gasteiger partial charge in [0, 0.05) is 16.8 Å². The van der Waals surface area contributed by atoms with Crippen LogP contribution in [0, 0.1) is 0 Å². The fourth-order valence-corrected chi connectivity index (χ4v) is 3.48. The van der Waals surface area contributed by atoms with Crippen LogP contribution in [0.5, 0.6) is 11.5 Å². The summed E-state index contributed by atoms with van der Waals surface area (Å²) in [6.45, 7) is 8.62. The monoisotopic (exact) mass is 365 g/mol. The summed E-state index contributed by atoms with van der Waals surface area (Å²) in [6.07, 6.45) is 1.96. The van der Waals surface area contributed by atoms with E-state index < -0.39 is 0 Å². The van der Waals surface area contributed by atoms with Crippen LogP contribution in [0.4, 0.5) is 5.69 Å². The first-order valence-corrected chi connectivity index (χ1v) is 9.29. The maximum absolute atomic E-state index is 12.6. The molecule has 0 aromatic heterocycles. The number of benzene rings is 2.